The lowest BCUT2D eigenvalue weighted by Crippen LogP contribution is -2.56. The van der Waals surface area contributed by atoms with E-state index in [-0.39, 0.29) is 36.6 Å². The van der Waals surface area contributed by atoms with Crippen LogP contribution in [0.5, 0.6) is 11.5 Å². The molecule has 1 aliphatic carbocycles. The highest BCUT2D eigenvalue weighted by molar-refractivity contribution is 7.90. The van der Waals surface area contributed by atoms with Gasteiger partial charge in [-0.15, -0.1) is 6.58 Å². The first-order chi connectivity index (χ1) is 26.6. The van der Waals surface area contributed by atoms with Crippen molar-refractivity contribution in [2.45, 2.75) is 80.4 Å². The molecule has 1 aromatic heterocycles. The quantitative estimate of drug-likeness (QED) is 0.208. The standard InChI is InChI=1S/C42H47N5O7S/c1-3-29-26-42(29)41(50)46-55(51,52)38-18-13-12-17-33(38)43-22-14-7-5-4-6-11-19-39(48)47-27-31(24-36(47)40(49)45-42)54-37-25-34(28-15-9-8-10-16-28)44-35-23-30(53-2)20-21-32(35)37/h3,8-10,12-13,15-18,20-21,23,25,29,31,36,43H,1,4-7,11,14,19,22,24,26-27H2,2H3,(H,45,49)(H,46,50)/t29-,31-,36+,42-/m1/s1. The lowest BCUT2D eigenvalue weighted by molar-refractivity contribution is -0.139. The lowest BCUT2D eigenvalue weighted by atomic mass is 10.1. The third kappa shape index (κ3) is 8.17. The molecule has 3 aliphatic rings. The molecule has 7 rings (SSSR count). The van der Waals surface area contributed by atoms with Crippen LogP contribution >= 0.6 is 0 Å². The number of para-hydroxylation sites is 1. The van der Waals surface area contributed by atoms with Crippen molar-refractivity contribution in [1.82, 2.24) is 19.9 Å². The molecule has 4 atom stereocenters. The predicted octanol–water partition coefficient (Wildman–Crippen LogP) is 5.98. The van der Waals surface area contributed by atoms with Crippen molar-refractivity contribution in [2.75, 3.05) is 25.5 Å². The summed E-state index contributed by atoms with van der Waals surface area (Å²) in [7, 11) is -2.73. The van der Waals surface area contributed by atoms with Gasteiger partial charge in [-0.25, -0.2) is 18.1 Å². The van der Waals surface area contributed by atoms with Crippen molar-refractivity contribution >= 4 is 44.3 Å². The average Bonchev–Trinajstić information content (AvgIpc) is 3.75. The van der Waals surface area contributed by atoms with Crippen molar-refractivity contribution in [3.05, 3.63) is 91.5 Å². The molecule has 2 fully saturated rings. The Hall–Kier alpha value is -5.43. The number of sulfonamides is 1. The van der Waals surface area contributed by atoms with Crippen LogP contribution in [0.4, 0.5) is 5.69 Å². The van der Waals surface area contributed by atoms with E-state index in [9.17, 15) is 22.8 Å². The molecular formula is C42H47N5O7S. The summed E-state index contributed by atoms with van der Waals surface area (Å²) in [5.41, 5.74) is 1.10. The molecule has 1 saturated carbocycles. The maximum atomic E-state index is 14.3. The molecule has 0 unspecified atom stereocenters. The minimum Gasteiger partial charge on any atom is -0.497 e. The van der Waals surface area contributed by atoms with Gasteiger partial charge >= 0.3 is 0 Å². The zero-order valence-electron chi connectivity index (χ0n) is 31.0. The maximum Gasteiger partial charge on any atom is 0.266 e. The summed E-state index contributed by atoms with van der Waals surface area (Å²) in [6.07, 6.45) is 6.81. The van der Waals surface area contributed by atoms with Crippen molar-refractivity contribution in [2.24, 2.45) is 5.92 Å². The highest BCUT2D eigenvalue weighted by Crippen LogP contribution is 2.45. The number of ether oxygens (including phenoxy) is 2. The number of carbonyl (C=O) groups is 3. The van der Waals surface area contributed by atoms with E-state index in [1.54, 1.807) is 30.2 Å². The first kappa shape index (κ1) is 37.9. The summed E-state index contributed by atoms with van der Waals surface area (Å²) in [4.78, 5) is 48.5. The molecule has 13 heteroatoms. The van der Waals surface area contributed by atoms with E-state index < -0.39 is 45.4 Å². The van der Waals surface area contributed by atoms with Crippen LogP contribution < -0.4 is 24.8 Å². The van der Waals surface area contributed by atoms with Gasteiger partial charge in [0.1, 0.15) is 34.1 Å². The van der Waals surface area contributed by atoms with Crippen molar-refractivity contribution < 1.29 is 32.3 Å². The zero-order valence-corrected chi connectivity index (χ0v) is 31.8. The number of nitrogens with one attached hydrogen (secondary N) is 3. The molecule has 4 aromatic rings. The molecule has 12 nitrogen and oxygen atoms in total. The monoisotopic (exact) mass is 765 g/mol. The number of hydrogen-bond donors (Lipinski definition) is 3. The largest absolute Gasteiger partial charge is 0.497 e. The molecule has 3 amide bonds. The number of pyridine rings is 1. The Labute approximate surface area is 321 Å². The number of anilines is 1. The van der Waals surface area contributed by atoms with Gasteiger partial charge in [-0.2, -0.15) is 0 Å². The van der Waals surface area contributed by atoms with Gasteiger partial charge in [-0.1, -0.05) is 74.2 Å². The second kappa shape index (κ2) is 16.1. The minimum absolute atomic E-state index is 0.0555. The fourth-order valence-corrected chi connectivity index (χ4v) is 8.90. The Morgan fingerprint density at radius 1 is 0.927 bits per heavy atom. The summed E-state index contributed by atoms with van der Waals surface area (Å²) in [5.74, 6) is -0.900. The van der Waals surface area contributed by atoms with Gasteiger partial charge in [0.05, 0.1) is 30.6 Å². The van der Waals surface area contributed by atoms with Crippen molar-refractivity contribution in [3.8, 4) is 22.8 Å². The van der Waals surface area contributed by atoms with E-state index in [1.165, 1.54) is 12.1 Å². The van der Waals surface area contributed by atoms with Gasteiger partial charge in [0.2, 0.25) is 11.8 Å². The van der Waals surface area contributed by atoms with E-state index in [0.717, 1.165) is 43.1 Å². The summed E-state index contributed by atoms with van der Waals surface area (Å²) < 4.78 is 41.7. The van der Waals surface area contributed by atoms with E-state index in [2.05, 4.69) is 21.9 Å². The summed E-state index contributed by atoms with van der Waals surface area (Å²) in [6.45, 7) is 4.55. The first-order valence-electron chi connectivity index (χ1n) is 19.0. The van der Waals surface area contributed by atoms with Crippen LogP contribution in [0.25, 0.3) is 22.2 Å². The minimum atomic E-state index is -4.32. The number of aromatic nitrogens is 1. The number of rotatable bonds is 5. The number of carbonyl (C=O) groups excluding carboxylic acids is 3. The number of nitrogens with zero attached hydrogens (tertiary/aromatic N) is 2. The Bertz CT molecular complexity index is 2200. The number of hydrogen-bond acceptors (Lipinski definition) is 9. The van der Waals surface area contributed by atoms with Crippen molar-refractivity contribution in [1.29, 1.82) is 0 Å². The maximum absolute atomic E-state index is 14.3. The van der Waals surface area contributed by atoms with E-state index in [4.69, 9.17) is 14.5 Å². The Morgan fingerprint density at radius 3 is 2.44 bits per heavy atom. The van der Waals surface area contributed by atoms with E-state index in [1.807, 2.05) is 54.6 Å². The van der Waals surface area contributed by atoms with Crippen LogP contribution in [0.15, 0.2) is 96.4 Å². The molecule has 2 aliphatic heterocycles. The molecule has 1 saturated heterocycles. The smallest absolute Gasteiger partial charge is 0.266 e. The van der Waals surface area contributed by atoms with Gasteiger partial charge < -0.3 is 25.0 Å². The van der Waals surface area contributed by atoms with E-state index in [0.29, 0.717) is 41.4 Å². The van der Waals surface area contributed by atoms with Crippen LogP contribution in [0.1, 0.15) is 57.8 Å². The summed E-state index contributed by atoms with van der Waals surface area (Å²) in [5, 5.41) is 6.83. The average molecular weight is 766 g/mol. The van der Waals surface area contributed by atoms with Crippen LogP contribution in [0.3, 0.4) is 0 Å². The number of fused-ring (bicyclic) bond motifs is 3. The second-order valence-corrected chi connectivity index (χ2v) is 16.2. The summed E-state index contributed by atoms with van der Waals surface area (Å²) in [6, 6.07) is 22.6. The van der Waals surface area contributed by atoms with Crippen LogP contribution in [-0.4, -0.2) is 73.9 Å². The fraction of sp³-hybridized carbons (Fsp3) is 0.381. The lowest BCUT2D eigenvalue weighted by Gasteiger charge is -2.26. The predicted molar refractivity (Wildman–Crippen MR) is 210 cm³/mol. The molecule has 288 valence electrons. The first-order valence-corrected chi connectivity index (χ1v) is 20.5. The SMILES string of the molecule is C=C[C@@H]1C[C@@]12NC(=O)[C@@H]1C[C@@H](Oc3cc(-c4ccccc4)nc4cc(OC)ccc34)CN1C(=O)CCCCCCCCNc1ccccc1S(=O)(=O)NC2=O. The van der Waals surface area contributed by atoms with Gasteiger partial charge in [0.25, 0.3) is 15.9 Å². The summed E-state index contributed by atoms with van der Waals surface area (Å²) >= 11 is 0. The van der Waals surface area contributed by atoms with Crippen LogP contribution in [0, 0.1) is 5.92 Å². The Kier molecular flexibility index (Phi) is 11.1. The van der Waals surface area contributed by atoms with Gasteiger partial charge in [-0.3, -0.25) is 14.4 Å². The number of amides is 3. The molecule has 1 spiro atoms. The van der Waals surface area contributed by atoms with Crippen LogP contribution in [-0.2, 0) is 24.4 Å². The van der Waals surface area contributed by atoms with Crippen molar-refractivity contribution in [3.63, 3.8) is 0 Å². The molecule has 55 heavy (non-hydrogen) atoms. The van der Waals surface area contributed by atoms with Gasteiger partial charge in [0.15, 0.2) is 0 Å². The number of methoxy groups -OCH3 is 1. The molecule has 3 aromatic carbocycles. The highest BCUT2D eigenvalue weighted by atomic mass is 32.2. The topological polar surface area (TPSA) is 156 Å². The molecule has 3 heterocycles. The van der Waals surface area contributed by atoms with Gasteiger partial charge in [-0.05, 0) is 43.5 Å². The molecule has 3 N–H and O–H groups in total. The number of benzene rings is 3. The zero-order chi connectivity index (χ0) is 38.6. The normalized spacial score (nSPS) is 24.8. The van der Waals surface area contributed by atoms with E-state index >= 15 is 0 Å². The second-order valence-electron chi connectivity index (χ2n) is 14.5. The molecule has 0 bridgehead atoms. The highest BCUT2D eigenvalue weighted by Gasteiger charge is 2.61. The Balaban J connectivity index is 1.18. The molecular weight excluding hydrogens is 719 g/mol. The molecule has 0 radical (unpaired) electrons. The third-order valence-electron chi connectivity index (χ3n) is 10.8. The van der Waals surface area contributed by atoms with Gasteiger partial charge in [0, 0.05) is 48.4 Å². The fourth-order valence-electron chi connectivity index (χ4n) is 7.67. The van der Waals surface area contributed by atoms with Crippen LogP contribution in [0.2, 0.25) is 0 Å². The third-order valence-corrected chi connectivity index (χ3v) is 12.2. The Morgan fingerprint density at radius 2 is 1.67 bits per heavy atom.